The molecule has 216 valence electrons. The van der Waals surface area contributed by atoms with Gasteiger partial charge in [-0.1, -0.05) is 67.1 Å². The van der Waals surface area contributed by atoms with E-state index in [-0.39, 0.29) is 5.91 Å². The number of hydrogen-bond acceptors (Lipinski definition) is 5. The number of carboxylic acid groups (broad SMARTS) is 1. The molecule has 2 N–H and O–H groups in total. The summed E-state index contributed by atoms with van der Waals surface area (Å²) in [6.45, 7) is 6.54. The fourth-order valence-corrected chi connectivity index (χ4v) is 6.78. The molecule has 2 aliphatic heterocycles. The molecule has 2 aromatic heterocycles. The molecule has 2 saturated heterocycles. The first-order valence-electron chi connectivity index (χ1n) is 14.5. The minimum Gasteiger partial charge on any atom is -0.478 e. The van der Waals surface area contributed by atoms with E-state index in [2.05, 4.69) is 31.3 Å². The number of rotatable bonds is 4. The molecular weight excluding hydrogens is 549 g/mol. The quantitative estimate of drug-likeness (QED) is 0.250. The Bertz CT molecular complexity index is 1360. The second-order valence-electron chi connectivity index (χ2n) is 10.6. The zero-order chi connectivity index (χ0) is 29.0. The van der Waals surface area contributed by atoms with Crippen LogP contribution in [-0.4, -0.2) is 47.1 Å². The highest BCUT2D eigenvalue weighted by Gasteiger charge is 2.25. The van der Waals surface area contributed by atoms with E-state index in [1.54, 1.807) is 22.8 Å². The molecule has 0 bridgehead atoms. The Balaban J connectivity index is 0.000000159. The van der Waals surface area contributed by atoms with Crippen molar-refractivity contribution >= 4 is 34.6 Å². The number of hydrogen-bond donors (Lipinski definition) is 2. The van der Waals surface area contributed by atoms with Crippen molar-refractivity contribution in [2.24, 2.45) is 0 Å². The first-order valence-corrected chi connectivity index (χ1v) is 16.2. The van der Waals surface area contributed by atoms with Crippen LogP contribution in [0, 0.1) is 0 Å². The minimum atomic E-state index is -0.872. The number of nitrogens with zero attached hydrogens (tertiary/aromatic N) is 1. The average molecular weight is 589 g/mol. The smallest absolute Gasteiger partial charge is 0.336 e. The number of carbonyl (C=O) groups excluding carboxylic acids is 1. The third kappa shape index (κ3) is 9.12. The Morgan fingerprint density at radius 1 is 0.780 bits per heavy atom. The summed E-state index contributed by atoms with van der Waals surface area (Å²) in [7, 11) is 0. The lowest BCUT2D eigenvalue weighted by molar-refractivity contribution is 0.0635. The van der Waals surface area contributed by atoms with Crippen LogP contribution in [0.25, 0.3) is 20.9 Å². The lowest BCUT2D eigenvalue weighted by Crippen LogP contribution is -2.41. The maximum atomic E-state index is 12.6. The number of aromatic carboxylic acids is 1. The predicted molar refractivity (Wildman–Crippen MR) is 172 cm³/mol. The van der Waals surface area contributed by atoms with Crippen molar-refractivity contribution in [2.45, 2.75) is 64.5 Å². The molecule has 1 amide bonds. The summed E-state index contributed by atoms with van der Waals surface area (Å²) in [5.74, 6) is -0.681. The number of thiophene rings is 2. The zero-order valence-corrected chi connectivity index (χ0v) is 25.6. The SMILES string of the molecule is CC1CCCCN1.CC1CCCCN1C(=O)c1csc(-c2ccccc2)c1.O=C(O)c1csc(-c2ccccc2)c1. The molecule has 7 heteroatoms. The van der Waals surface area contributed by atoms with Crippen LogP contribution in [0.1, 0.15) is 73.1 Å². The molecular formula is C34H40N2O3S2. The Hall–Kier alpha value is -3.26. The van der Waals surface area contributed by atoms with Gasteiger partial charge in [-0.15, -0.1) is 22.7 Å². The van der Waals surface area contributed by atoms with Gasteiger partial charge in [-0.05, 0) is 75.8 Å². The van der Waals surface area contributed by atoms with Crippen LogP contribution in [0.2, 0.25) is 0 Å². The van der Waals surface area contributed by atoms with Crippen LogP contribution in [-0.2, 0) is 0 Å². The van der Waals surface area contributed by atoms with Gasteiger partial charge in [0.05, 0.1) is 11.1 Å². The monoisotopic (exact) mass is 588 g/mol. The Kier molecular flexibility index (Phi) is 11.7. The third-order valence-electron chi connectivity index (χ3n) is 7.43. The van der Waals surface area contributed by atoms with Gasteiger partial charge in [0.25, 0.3) is 5.91 Å². The van der Waals surface area contributed by atoms with Crippen LogP contribution < -0.4 is 5.32 Å². The number of amides is 1. The minimum absolute atomic E-state index is 0.190. The van der Waals surface area contributed by atoms with Gasteiger partial charge in [0.1, 0.15) is 0 Å². The molecule has 6 rings (SSSR count). The van der Waals surface area contributed by atoms with E-state index in [4.69, 9.17) is 5.11 Å². The number of carbonyl (C=O) groups is 2. The van der Waals surface area contributed by atoms with Gasteiger partial charge in [0.15, 0.2) is 0 Å². The van der Waals surface area contributed by atoms with E-state index in [0.717, 1.165) is 41.4 Å². The number of piperidine rings is 2. The van der Waals surface area contributed by atoms with Crippen molar-refractivity contribution in [2.75, 3.05) is 13.1 Å². The van der Waals surface area contributed by atoms with Gasteiger partial charge in [0.2, 0.25) is 0 Å². The third-order valence-corrected chi connectivity index (χ3v) is 9.39. The van der Waals surface area contributed by atoms with Crippen molar-refractivity contribution in [1.29, 1.82) is 0 Å². The summed E-state index contributed by atoms with van der Waals surface area (Å²) in [6, 6.07) is 24.9. The van der Waals surface area contributed by atoms with Crippen molar-refractivity contribution in [1.82, 2.24) is 10.2 Å². The van der Waals surface area contributed by atoms with Crippen molar-refractivity contribution < 1.29 is 14.7 Å². The van der Waals surface area contributed by atoms with E-state index in [1.165, 1.54) is 54.0 Å². The standard InChI is InChI=1S/C17H19NOS.C11H8O2S.C6H13N/c1-13-7-5-6-10-18(13)17(19)15-11-16(20-12-15)14-8-3-2-4-9-14;12-11(13)9-6-10(14-7-9)8-4-2-1-3-5-8;1-6-4-2-3-5-7-6/h2-4,8-9,11-13H,5-7,10H2,1H3;1-7H,(H,12,13);6-7H,2-5H2,1H3. The molecule has 41 heavy (non-hydrogen) atoms. The maximum Gasteiger partial charge on any atom is 0.336 e. The van der Waals surface area contributed by atoms with E-state index in [0.29, 0.717) is 11.6 Å². The summed E-state index contributed by atoms with van der Waals surface area (Å²) in [5, 5.41) is 15.8. The van der Waals surface area contributed by atoms with Gasteiger partial charge in [-0.25, -0.2) is 4.79 Å². The Labute approximate surface area is 251 Å². The molecule has 2 fully saturated rings. The topological polar surface area (TPSA) is 69.6 Å². The summed E-state index contributed by atoms with van der Waals surface area (Å²) in [6.07, 6.45) is 7.68. The largest absolute Gasteiger partial charge is 0.478 e. The molecule has 4 heterocycles. The summed E-state index contributed by atoms with van der Waals surface area (Å²) in [4.78, 5) is 27.4. The number of carboxylic acids is 1. The Morgan fingerprint density at radius 3 is 1.80 bits per heavy atom. The molecule has 0 spiro atoms. The highest BCUT2D eigenvalue weighted by molar-refractivity contribution is 7.14. The molecule has 2 unspecified atom stereocenters. The molecule has 5 nitrogen and oxygen atoms in total. The normalized spacial score (nSPS) is 18.3. The van der Waals surface area contributed by atoms with Gasteiger partial charge in [-0.3, -0.25) is 4.79 Å². The highest BCUT2D eigenvalue weighted by Crippen LogP contribution is 2.29. The van der Waals surface area contributed by atoms with Crippen LogP contribution in [0.4, 0.5) is 0 Å². The van der Waals surface area contributed by atoms with E-state index >= 15 is 0 Å². The summed E-state index contributed by atoms with van der Waals surface area (Å²) >= 11 is 3.10. The van der Waals surface area contributed by atoms with E-state index in [1.807, 2.05) is 64.9 Å². The predicted octanol–water partition coefficient (Wildman–Crippen LogP) is 8.69. The van der Waals surface area contributed by atoms with E-state index < -0.39 is 5.97 Å². The van der Waals surface area contributed by atoms with Gasteiger partial charge < -0.3 is 15.3 Å². The molecule has 0 radical (unpaired) electrons. The van der Waals surface area contributed by atoms with Crippen LogP contribution >= 0.6 is 22.7 Å². The number of benzene rings is 2. The van der Waals surface area contributed by atoms with Crippen LogP contribution in [0.5, 0.6) is 0 Å². The average Bonchev–Trinajstić information content (AvgIpc) is 3.71. The van der Waals surface area contributed by atoms with E-state index in [9.17, 15) is 9.59 Å². The van der Waals surface area contributed by atoms with Gasteiger partial charge in [0, 0.05) is 39.1 Å². The number of nitrogens with one attached hydrogen (secondary N) is 1. The molecule has 2 aliphatic rings. The van der Waals surface area contributed by atoms with Crippen molar-refractivity contribution in [3.63, 3.8) is 0 Å². The second kappa shape index (κ2) is 15.7. The maximum absolute atomic E-state index is 12.6. The molecule has 4 aromatic rings. The van der Waals surface area contributed by atoms with Gasteiger partial charge in [-0.2, -0.15) is 0 Å². The molecule has 0 aliphatic carbocycles. The molecule has 2 aromatic carbocycles. The fraction of sp³-hybridized carbons (Fsp3) is 0.353. The number of likely N-dealkylation sites (tertiary alicyclic amines) is 1. The first-order chi connectivity index (χ1) is 19.9. The highest BCUT2D eigenvalue weighted by atomic mass is 32.1. The molecule has 2 atom stereocenters. The summed E-state index contributed by atoms with van der Waals surface area (Å²) in [5.41, 5.74) is 3.43. The van der Waals surface area contributed by atoms with Gasteiger partial charge >= 0.3 is 5.97 Å². The Morgan fingerprint density at radius 2 is 1.34 bits per heavy atom. The second-order valence-corrected chi connectivity index (χ2v) is 12.5. The van der Waals surface area contributed by atoms with Crippen LogP contribution in [0.15, 0.2) is 83.6 Å². The molecule has 0 saturated carbocycles. The van der Waals surface area contributed by atoms with Crippen molar-refractivity contribution in [3.05, 3.63) is 94.7 Å². The zero-order valence-electron chi connectivity index (χ0n) is 23.9. The summed E-state index contributed by atoms with van der Waals surface area (Å²) < 4.78 is 0. The lowest BCUT2D eigenvalue weighted by Gasteiger charge is -2.33. The fourth-order valence-electron chi connectivity index (χ4n) is 5.00. The first kappa shape index (κ1) is 30.7. The lowest BCUT2D eigenvalue weighted by atomic mass is 10.0. The van der Waals surface area contributed by atoms with Crippen LogP contribution in [0.3, 0.4) is 0 Å². The van der Waals surface area contributed by atoms with Crippen molar-refractivity contribution in [3.8, 4) is 20.9 Å².